The molecule has 1 aliphatic rings. The molecular weight excluding hydrogens is 376 g/mol. The fourth-order valence-corrected chi connectivity index (χ4v) is 3.90. The molecule has 0 aliphatic heterocycles. The van der Waals surface area contributed by atoms with Crippen LogP contribution in [-0.2, 0) is 10.2 Å². The van der Waals surface area contributed by atoms with Gasteiger partial charge in [-0.15, -0.1) is 0 Å². The molecular formula is C17H23ClN4O3S. The zero-order valence-electron chi connectivity index (χ0n) is 14.6. The molecule has 2 N–H and O–H groups in total. The maximum Gasteiger partial charge on any atom is 0.322 e. The molecule has 1 fully saturated rings. The van der Waals surface area contributed by atoms with Gasteiger partial charge < -0.3 is 4.42 Å². The quantitative estimate of drug-likeness (QED) is 0.698. The Hall–Kier alpha value is -1.48. The predicted molar refractivity (Wildman–Crippen MR) is 103 cm³/mol. The van der Waals surface area contributed by atoms with Crippen LogP contribution in [0.5, 0.6) is 0 Å². The van der Waals surface area contributed by atoms with Gasteiger partial charge in [0.2, 0.25) is 0 Å². The number of benzene rings is 1. The first-order chi connectivity index (χ1) is 12.4. The number of nitrogens with one attached hydrogen (secondary N) is 2. The first-order valence-corrected chi connectivity index (χ1v) is 10.6. The average molecular weight is 399 g/mol. The van der Waals surface area contributed by atoms with Gasteiger partial charge in [0.15, 0.2) is 5.58 Å². The van der Waals surface area contributed by atoms with Crippen molar-refractivity contribution in [1.82, 2.24) is 14.4 Å². The Morgan fingerprint density at radius 3 is 2.85 bits per heavy atom. The summed E-state index contributed by atoms with van der Waals surface area (Å²) in [6.45, 7) is 0.470. The summed E-state index contributed by atoms with van der Waals surface area (Å²) in [7, 11) is -1.93. The van der Waals surface area contributed by atoms with Crippen LogP contribution in [0.2, 0.25) is 5.02 Å². The minimum absolute atomic E-state index is 0.353. The van der Waals surface area contributed by atoms with Gasteiger partial charge in [0.25, 0.3) is 10.2 Å². The topological polar surface area (TPSA) is 96.6 Å². The average Bonchev–Trinajstić information content (AvgIpc) is 3.03. The first-order valence-electron chi connectivity index (χ1n) is 8.73. The van der Waals surface area contributed by atoms with Gasteiger partial charge in [0, 0.05) is 30.9 Å². The minimum Gasteiger partial charge on any atom is -0.422 e. The highest BCUT2D eigenvalue weighted by Crippen LogP contribution is 2.30. The zero-order chi connectivity index (χ0) is 18.6. The molecule has 26 heavy (non-hydrogen) atoms. The molecule has 9 heteroatoms. The summed E-state index contributed by atoms with van der Waals surface area (Å²) in [6, 6.07) is 5.67. The van der Waals surface area contributed by atoms with Gasteiger partial charge in [-0.2, -0.15) is 13.4 Å². The first kappa shape index (κ1) is 19.3. The molecule has 0 unspecified atom stereocenters. The highest BCUT2D eigenvalue weighted by atomic mass is 35.5. The molecule has 0 atom stereocenters. The number of nitrogens with zero attached hydrogens (tertiary/aromatic N) is 2. The van der Waals surface area contributed by atoms with Crippen LogP contribution in [0.1, 0.15) is 32.1 Å². The van der Waals surface area contributed by atoms with E-state index in [9.17, 15) is 8.42 Å². The lowest BCUT2D eigenvalue weighted by atomic mass is 9.81. The predicted octanol–water partition coefficient (Wildman–Crippen LogP) is 3.43. The number of halogens is 1. The highest BCUT2D eigenvalue weighted by molar-refractivity contribution is 7.87. The summed E-state index contributed by atoms with van der Waals surface area (Å²) in [6.07, 6.45) is 7.00. The Bertz CT molecular complexity index is 873. The van der Waals surface area contributed by atoms with E-state index in [0.717, 1.165) is 37.6 Å². The van der Waals surface area contributed by atoms with Gasteiger partial charge in [0.1, 0.15) is 5.52 Å². The van der Waals surface area contributed by atoms with Crippen molar-refractivity contribution in [1.29, 1.82) is 0 Å². The van der Waals surface area contributed by atoms with Gasteiger partial charge >= 0.3 is 6.01 Å². The van der Waals surface area contributed by atoms with Crippen LogP contribution in [0, 0.1) is 11.8 Å². The molecule has 1 aromatic carbocycles. The maximum absolute atomic E-state index is 11.3. The number of hydrogen-bond donors (Lipinski definition) is 2. The zero-order valence-corrected chi connectivity index (χ0v) is 16.2. The Morgan fingerprint density at radius 2 is 2.12 bits per heavy atom. The molecule has 1 aromatic heterocycles. The molecule has 0 amide bonds. The molecule has 1 aliphatic carbocycles. The number of rotatable bonds is 7. The normalized spacial score (nSPS) is 21.6. The lowest BCUT2D eigenvalue weighted by Gasteiger charge is -2.26. The van der Waals surface area contributed by atoms with Crippen LogP contribution in [0.25, 0.3) is 11.1 Å². The molecule has 0 bridgehead atoms. The lowest BCUT2D eigenvalue weighted by Crippen LogP contribution is -2.35. The van der Waals surface area contributed by atoms with Crippen LogP contribution in [-0.4, -0.2) is 33.2 Å². The van der Waals surface area contributed by atoms with Crippen molar-refractivity contribution in [3.63, 3.8) is 0 Å². The number of hydrogen-bond acceptors (Lipinski definition) is 5. The van der Waals surface area contributed by atoms with E-state index in [1.165, 1.54) is 7.05 Å². The van der Waals surface area contributed by atoms with Gasteiger partial charge in [-0.25, -0.2) is 14.4 Å². The summed E-state index contributed by atoms with van der Waals surface area (Å²) in [5.74, 6) is 0.949. The summed E-state index contributed by atoms with van der Waals surface area (Å²) < 4.78 is 33.0. The fraction of sp³-hybridized carbons (Fsp3) is 0.529. The standard InChI is InChI=1S/C17H23ClN4O3S/c1-19-26(23,24)21-9-8-12-2-4-13(5-3-12)11-20-17-22-15-7-6-14(18)10-16(15)25-17/h6-7,10-13,19,21H,2-5,8-9H2,1H3/b20-11-. The second-order valence-electron chi connectivity index (χ2n) is 6.56. The van der Waals surface area contributed by atoms with Crippen LogP contribution in [0.3, 0.4) is 0 Å². The molecule has 2 aromatic rings. The van der Waals surface area contributed by atoms with E-state index in [2.05, 4.69) is 19.4 Å². The van der Waals surface area contributed by atoms with Crippen LogP contribution >= 0.6 is 11.6 Å². The molecule has 0 radical (unpaired) electrons. The third-order valence-corrected chi connectivity index (χ3v) is 6.10. The largest absolute Gasteiger partial charge is 0.422 e. The Labute approximate surface area is 158 Å². The van der Waals surface area contributed by atoms with Crippen molar-refractivity contribution in [3.8, 4) is 0 Å². The van der Waals surface area contributed by atoms with Crippen molar-refractivity contribution in [2.24, 2.45) is 16.8 Å². The van der Waals surface area contributed by atoms with Crippen molar-refractivity contribution in [2.45, 2.75) is 32.1 Å². The van der Waals surface area contributed by atoms with Crippen molar-refractivity contribution < 1.29 is 12.8 Å². The number of aromatic nitrogens is 1. The van der Waals surface area contributed by atoms with Crippen LogP contribution in [0.4, 0.5) is 6.01 Å². The molecule has 0 spiro atoms. The van der Waals surface area contributed by atoms with E-state index < -0.39 is 10.2 Å². The number of fused-ring (bicyclic) bond motifs is 1. The molecule has 1 saturated carbocycles. The summed E-state index contributed by atoms with van der Waals surface area (Å²) in [5, 5.41) is 0.611. The second kappa shape index (κ2) is 8.47. The summed E-state index contributed by atoms with van der Waals surface area (Å²) >= 11 is 5.94. The molecule has 0 saturated heterocycles. The van der Waals surface area contributed by atoms with Crippen molar-refractivity contribution >= 4 is 45.1 Å². The van der Waals surface area contributed by atoms with Crippen molar-refractivity contribution in [3.05, 3.63) is 23.2 Å². The van der Waals surface area contributed by atoms with E-state index in [1.54, 1.807) is 12.1 Å². The van der Waals surface area contributed by atoms with Crippen molar-refractivity contribution in [2.75, 3.05) is 13.6 Å². The smallest absolute Gasteiger partial charge is 0.322 e. The Kier molecular flexibility index (Phi) is 6.29. The molecule has 7 nitrogen and oxygen atoms in total. The van der Waals surface area contributed by atoms with Gasteiger partial charge in [0.05, 0.1) is 0 Å². The van der Waals surface area contributed by atoms with Gasteiger partial charge in [-0.05, 0) is 56.1 Å². The Morgan fingerprint density at radius 1 is 1.35 bits per heavy atom. The van der Waals surface area contributed by atoms with E-state index in [0.29, 0.717) is 35.0 Å². The van der Waals surface area contributed by atoms with Crippen LogP contribution in [0.15, 0.2) is 27.6 Å². The molecule has 3 rings (SSSR count). The minimum atomic E-state index is -3.33. The molecule has 1 heterocycles. The summed E-state index contributed by atoms with van der Waals surface area (Å²) in [4.78, 5) is 8.71. The lowest BCUT2D eigenvalue weighted by molar-refractivity contribution is 0.310. The van der Waals surface area contributed by atoms with Gasteiger partial charge in [-0.3, -0.25) is 0 Å². The SMILES string of the molecule is CNS(=O)(=O)NCCC1CCC(/C=N\c2nc3ccc(Cl)cc3o2)CC1. The van der Waals surface area contributed by atoms with Gasteiger partial charge in [-0.1, -0.05) is 11.6 Å². The third kappa shape index (κ3) is 5.26. The second-order valence-corrected chi connectivity index (χ2v) is 8.70. The van der Waals surface area contributed by atoms with E-state index >= 15 is 0 Å². The Balaban J connectivity index is 1.46. The fourth-order valence-electron chi connectivity index (χ4n) is 3.21. The maximum atomic E-state index is 11.3. The van der Waals surface area contributed by atoms with Crippen LogP contribution < -0.4 is 9.44 Å². The number of aliphatic imine (C=N–C) groups is 1. The highest BCUT2D eigenvalue weighted by Gasteiger charge is 2.20. The third-order valence-electron chi connectivity index (χ3n) is 4.74. The monoisotopic (exact) mass is 398 g/mol. The van der Waals surface area contributed by atoms with E-state index in [1.807, 2.05) is 12.3 Å². The summed E-state index contributed by atoms with van der Waals surface area (Å²) in [5.41, 5.74) is 1.38. The van der Waals surface area contributed by atoms with E-state index in [-0.39, 0.29) is 0 Å². The molecule has 142 valence electrons. The van der Waals surface area contributed by atoms with E-state index in [4.69, 9.17) is 16.0 Å². The number of oxazole rings is 1.